The molecule has 2 aliphatic rings. The quantitative estimate of drug-likeness (QED) is 0.0268. The van der Waals surface area contributed by atoms with Crippen LogP contribution in [0, 0.1) is 0 Å². The van der Waals surface area contributed by atoms with E-state index in [1.165, 1.54) is 22.8 Å². The SMILES string of the molecule is COc1ccc(CC2NC(=O)CC(C)(C)SSCC(C(=O)N3CCC[C@H]3C(=O)N[C@@H](CCCN=C(N)N)C(=O)NCC(N)=O)NC(=O)[C@H](CC(N)=O)NC(=O)[C@H](CCC(N)=O)NC(=O)C(Cc3ccccc3)NC2=O)cc1. The molecule has 0 spiro atoms. The Hall–Kier alpha value is -7.62. The van der Waals surface area contributed by atoms with Gasteiger partial charge >= 0.3 is 0 Å². The van der Waals surface area contributed by atoms with E-state index in [0.29, 0.717) is 23.3 Å². The average molecular weight is 1110 g/mol. The van der Waals surface area contributed by atoms with Gasteiger partial charge in [-0.05, 0) is 69.2 Å². The fourth-order valence-corrected chi connectivity index (χ4v) is 10.9. The normalized spacial score (nSPS) is 22.0. The molecule has 28 heteroatoms. The maximum atomic E-state index is 14.7. The van der Waals surface area contributed by atoms with Crippen LogP contribution < -0.4 is 70.6 Å². The number of nitrogens with zero attached hydrogens (tertiary/aromatic N) is 2. The second kappa shape index (κ2) is 30.2. The first-order valence-corrected chi connectivity index (χ1v) is 27.0. The highest BCUT2D eigenvalue weighted by molar-refractivity contribution is 8.77. The number of primary amides is 3. The fraction of sp³-hybridized carbons (Fsp3) is 0.510. The zero-order valence-corrected chi connectivity index (χ0v) is 44.8. The van der Waals surface area contributed by atoms with Crippen LogP contribution in [0.2, 0.25) is 0 Å². The molecule has 2 aliphatic heterocycles. The Labute approximate surface area is 453 Å². The van der Waals surface area contributed by atoms with E-state index < -0.39 is 138 Å². The molecule has 0 aliphatic carbocycles. The number of likely N-dealkylation sites (tertiary alicyclic amines) is 1. The lowest BCUT2D eigenvalue weighted by Crippen LogP contribution is -2.61. The number of amides is 11. The molecule has 420 valence electrons. The van der Waals surface area contributed by atoms with Crippen molar-refractivity contribution >= 4 is 92.5 Å². The van der Waals surface area contributed by atoms with Crippen LogP contribution in [-0.4, -0.2) is 155 Å². The van der Waals surface area contributed by atoms with Crippen LogP contribution in [0.4, 0.5) is 0 Å². The van der Waals surface area contributed by atoms with E-state index in [-0.39, 0.29) is 63.3 Å². The van der Waals surface area contributed by atoms with Crippen molar-refractivity contribution < 1.29 is 57.5 Å². The number of ether oxygens (including phenoxy) is 1. The largest absolute Gasteiger partial charge is 0.497 e. The Kier molecular flexibility index (Phi) is 24.3. The second-order valence-corrected chi connectivity index (χ2v) is 22.0. The number of hydrogen-bond donors (Lipinski definition) is 12. The average Bonchev–Trinajstić information content (AvgIpc) is 3.87. The van der Waals surface area contributed by atoms with Crippen LogP contribution in [0.15, 0.2) is 59.6 Å². The topological polar surface area (TPSA) is 427 Å². The number of guanidine groups is 1. The number of hydrogen-bond acceptors (Lipinski definition) is 15. The van der Waals surface area contributed by atoms with Crippen molar-refractivity contribution in [2.45, 2.75) is 125 Å². The minimum Gasteiger partial charge on any atom is -0.497 e. The highest BCUT2D eigenvalue weighted by Gasteiger charge is 2.41. The Morgan fingerprint density at radius 3 is 1.97 bits per heavy atom. The van der Waals surface area contributed by atoms with Crippen LogP contribution in [0.5, 0.6) is 5.75 Å². The van der Waals surface area contributed by atoms with Crippen LogP contribution in [0.1, 0.15) is 76.3 Å². The summed E-state index contributed by atoms with van der Waals surface area (Å²) in [4.78, 5) is 155. The summed E-state index contributed by atoms with van der Waals surface area (Å²) >= 11 is 0. The number of carbonyl (C=O) groups excluding carboxylic acids is 11. The first-order valence-electron chi connectivity index (χ1n) is 24.7. The van der Waals surface area contributed by atoms with Gasteiger partial charge in [0.15, 0.2) is 5.96 Å². The molecule has 2 aromatic rings. The number of rotatable bonds is 20. The Morgan fingerprint density at radius 2 is 1.36 bits per heavy atom. The lowest BCUT2D eigenvalue weighted by molar-refractivity contribution is -0.142. The molecule has 2 heterocycles. The van der Waals surface area contributed by atoms with Gasteiger partial charge in [-0.1, -0.05) is 64.1 Å². The summed E-state index contributed by atoms with van der Waals surface area (Å²) in [5, 5.41) is 18.2. The molecule has 4 rings (SSSR count). The van der Waals surface area contributed by atoms with E-state index in [1.54, 1.807) is 68.4 Å². The van der Waals surface area contributed by atoms with Gasteiger partial charge < -0.3 is 75.5 Å². The third-order valence-electron chi connectivity index (χ3n) is 12.1. The summed E-state index contributed by atoms with van der Waals surface area (Å²) in [6.45, 7) is 3.08. The molecule has 26 nitrogen and oxygen atoms in total. The van der Waals surface area contributed by atoms with Gasteiger partial charge in [0, 0.05) is 49.3 Å². The first-order chi connectivity index (χ1) is 36.4. The maximum Gasteiger partial charge on any atom is 0.246 e. The predicted molar refractivity (Wildman–Crippen MR) is 286 cm³/mol. The monoisotopic (exact) mass is 1110 g/mol. The van der Waals surface area contributed by atoms with Crippen LogP contribution in [-0.2, 0) is 65.6 Å². The van der Waals surface area contributed by atoms with Crippen LogP contribution in [0.3, 0.4) is 0 Å². The summed E-state index contributed by atoms with van der Waals surface area (Å²) in [6, 6.07) is 5.47. The lowest BCUT2D eigenvalue weighted by Gasteiger charge is -2.31. The van der Waals surface area contributed by atoms with Gasteiger partial charge in [0.2, 0.25) is 65.0 Å². The van der Waals surface area contributed by atoms with Crippen LogP contribution in [0.25, 0.3) is 0 Å². The molecule has 77 heavy (non-hydrogen) atoms. The zero-order chi connectivity index (χ0) is 56.8. The van der Waals surface area contributed by atoms with Crippen molar-refractivity contribution in [3.63, 3.8) is 0 Å². The first kappa shape index (κ1) is 61.9. The molecule has 7 atom stereocenters. The minimum atomic E-state index is -1.78. The molecule has 0 aromatic heterocycles. The van der Waals surface area contributed by atoms with Gasteiger partial charge in [-0.3, -0.25) is 57.7 Å². The second-order valence-electron chi connectivity index (χ2n) is 19.0. The molecule has 2 aromatic carbocycles. The third kappa shape index (κ3) is 21.1. The number of benzene rings is 2. The van der Waals surface area contributed by atoms with Crippen molar-refractivity contribution in [3.8, 4) is 5.75 Å². The lowest BCUT2D eigenvalue weighted by atomic mass is 10.0. The number of aliphatic imine (C=N–C) groups is 1. The molecule has 0 bridgehead atoms. The molecule has 17 N–H and O–H groups in total. The summed E-state index contributed by atoms with van der Waals surface area (Å²) in [6.07, 6.45) is -1.30. The smallest absolute Gasteiger partial charge is 0.246 e. The standard InChI is InChI=1S/C49H70N14O12S2/c1-49(2)24-40(67)57-32(22-28-13-15-29(75-3)16-14-28)43(70)60-33(21-27-9-5-4-6-10-27)44(71)58-31(17-18-37(50)64)42(69)61-34(23-38(51)65)45(72)62-35(26-76-77-49)47(74)63-20-8-12-36(63)46(73)59-30(11-7-19-55-48(53)54)41(68)56-25-39(52)66/h4-6,9-10,13-16,30-36H,7-8,11-12,17-26H2,1-3H3,(H2,50,64)(H2,51,65)(H2,52,66)(H,56,68)(H,57,67)(H,58,71)(H,59,73)(H,60,70)(H,61,69)(H,62,72)(H4,53,54,55)/t30-,31-,32?,33?,34-,35?,36-/m0/s1. The Bertz CT molecular complexity index is 2480. The van der Waals surface area contributed by atoms with Gasteiger partial charge in [0.1, 0.15) is 48.0 Å². The molecular weight excluding hydrogens is 1040 g/mol. The van der Waals surface area contributed by atoms with Crippen LogP contribution >= 0.6 is 21.6 Å². The zero-order valence-electron chi connectivity index (χ0n) is 43.1. The molecule has 11 amide bonds. The van der Waals surface area contributed by atoms with Crippen molar-refractivity contribution in [1.82, 2.24) is 42.1 Å². The van der Waals surface area contributed by atoms with Gasteiger partial charge in [0.25, 0.3) is 0 Å². The molecule has 2 saturated heterocycles. The summed E-state index contributed by atoms with van der Waals surface area (Å²) in [7, 11) is 3.74. The summed E-state index contributed by atoms with van der Waals surface area (Å²) in [5.74, 6) is -9.21. The predicted octanol–water partition coefficient (Wildman–Crippen LogP) is -3.26. The minimum absolute atomic E-state index is 0.0129. The van der Waals surface area contributed by atoms with Gasteiger partial charge in [-0.2, -0.15) is 0 Å². The molecule has 0 radical (unpaired) electrons. The number of nitrogens with one attached hydrogen (secondary N) is 7. The third-order valence-corrected chi connectivity index (χ3v) is 15.4. The highest BCUT2D eigenvalue weighted by atomic mass is 33.1. The molecule has 0 saturated carbocycles. The van der Waals surface area contributed by atoms with Crippen molar-refractivity contribution in [3.05, 3.63) is 65.7 Å². The molecule has 2 fully saturated rings. The van der Waals surface area contributed by atoms with Gasteiger partial charge in [-0.25, -0.2) is 0 Å². The Balaban J connectivity index is 1.74. The van der Waals surface area contributed by atoms with E-state index in [4.69, 9.17) is 33.4 Å². The van der Waals surface area contributed by atoms with E-state index >= 15 is 0 Å². The number of nitrogens with two attached hydrogens (primary N) is 5. The summed E-state index contributed by atoms with van der Waals surface area (Å²) in [5.41, 5.74) is 28.4. The fourth-order valence-electron chi connectivity index (χ4n) is 8.26. The van der Waals surface area contributed by atoms with Crippen molar-refractivity contribution in [2.24, 2.45) is 33.7 Å². The number of methoxy groups -OCH3 is 1. The van der Waals surface area contributed by atoms with E-state index in [0.717, 1.165) is 10.8 Å². The summed E-state index contributed by atoms with van der Waals surface area (Å²) < 4.78 is 4.37. The number of carbonyl (C=O) groups is 11. The van der Waals surface area contributed by atoms with Crippen molar-refractivity contribution in [1.29, 1.82) is 0 Å². The van der Waals surface area contributed by atoms with E-state index in [9.17, 15) is 52.7 Å². The van der Waals surface area contributed by atoms with E-state index in [1.807, 2.05) is 0 Å². The molecular formula is C49H70N14O12S2. The highest BCUT2D eigenvalue weighted by Crippen LogP contribution is 2.39. The Morgan fingerprint density at radius 1 is 0.766 bits per heavy atom. The maximum absolute atomic E-state index is 14.7. The molecule has 3 unspecified atom stereocenters. The van der Waals surface area contributed by atoms with Gasteiger partial charge in [0.05, 0.1) is 20.1 Å². The van der Waals surface area contributed by atoms with Crippen molar-refractivity contribution in [2.75, 3.05) is 32.5 Å². The van der Waals surface area contributed by atoms with E-state index in [2.05, 4.69) is 42.2 Å². The van der Waals surface area contributed by atoms with Gasteiger partial charge in [-0.15, -0.1) is 0 Å².